The Hall–Kier alpha value is -1.94. The first kappa shape index (κ1) is 13.5. The number of carbonyl (C=O) groups is 1. The lowest BCUT2D eigenvalue weighted by Gasteiger charge is -2.02. The third-order valence-electron chi connectivity index (χ3n) is 2.52. The van der Waals surface area contributed by atoms with E-state index < -0.39 is 0 Å². The van der Waals surface area contributed by atoms with Crippen molar-refractivity contribution in [1.82, 2.24) is 0 Å². The summed E-state index contributed by atoms with van der Waals surface area (Å²) in [5.74, 6) is 1.32. The largest absolute Gasteiger partial charge is 0.462 e. The van der Waals surface area contributed by atoms with E-state index in [2.05, 4.69) is 5.32 Å². The number of furan rings is 1. The van der Waals surface area contributed by atoms with Crippen LogP contribution in [0.5, 0.6) is 0 Å². The zero-order chi connectivity index (χ0) is 13.7. The van der Waals surface area contributed by atoms with Crippen LogP contribution in [-0.2, 0) is 4.79 Å². The van der Waals surface area contributed by atoms with Crippen molar-refractivity contribution in [3.63, 3.8) is 0 Å². The summed E-state index contributed by atoms with van der Waals surface area (Å²) in [7, 11) is 0. The topological polar surface area (TPSA) is 42.2 Å². The van der Waals surface area contributed by atoms with Crippen LogP contribution in [0.3, 0.4) is 0 Å². The summed E-state index contributed by atoms with van der Waals surface area (Å²) in [6, 6.07) is 11.4. The van der Waals surface area contributed by atoms with Crippen molar-refractivity contribution in [3.8, 4) is 0 Å². The normalized spacial score (nSPS) is 10.8. The number of anilines is 1. The van der Waals surface area contributed by atoms with Crippen molar-refractivity contribution < 1.29 is 9.21 Å². The molecular formula is C15H15NO2S. The van der Waals surface area contributed by atoms with Crippen molar-refractivity contribution in [3.05, 3.63) is 54.0 Å². The molecule has 1 heterocycles. The number of thioether (sulfide) groups is 1. The fourth-order valence-corrected chi connectivity index (χ4v) is 1.97. The first-order chi connectivity index (χ1) is 9.17. The number of amides is 1. The second kappa shape index (κ2) is 6.29. The summed E-state index contributed by atoms with van der Waals surface area (Å²) in [5.41, 5.74) is 0.781. The Balaban J connectivity index is 1.95. The molecule has 1 amide bonds. The fraction of sp³-hybridized carbons (Fsp3) is 0.133. The molecule has 0 saturated carbocycles. The zero-order valence-electron chi connectivity index (χ0n) is 10.8. The van der Waals surface area contributed by atoms with E-state index in [9.17, 15) is 4.79 Å². The lowest BCUT2D eigenvalue weighted by Crippen LogP contribution is -2.07. The van der Waals surface area contributed by atoms with Gasteiger partial charge in [-0.25, -0.2) is 0 Å². The van der Waals surface area contributed by atoms with Gasteiger partial charge in [0.1, 0.15) is 11.5 Å². The monoisotopic (exact) mass is 273 g/mol. The van der Waals surface area contributed by atoms with Gasteiger partial charge in [0.05, 0.1) is 0 Å². The van der Waals surface area contributed by atoms with E-state index in [1.807, 2.05) is 49.6 Å². The van der Waals surface area contributed by atoms with Gasteiger partial charge in [0.25, 0.3) is 0 Å². The molecule has 0 aliphatic heterocycles. The van der Waals surface area contributed by atoms with Crippen LogP contribution in [0.15, 0.2) is 51.8 Å². The third-order valence-corrected chi connectivity index (χ3v) is 3.26. The van der Waals surface area contributed by atoms with Crippen molar-refractivity contribution in [2.45, 2.75) is 11.8 Å². The molecule has 0 saturated heterocycles. The Labute approximate surface area is 116 Å². The molecule has 1 aromatic heterocycles. The average molecular weight is 273 g/mol. The predicted molar refractivity (Wildman–Crippen MR) is 79.3 cm³/mol. The van der Waals surface area contributed by atoms with E-state index in [4.69, 9.17) is 4.42 Å². The van der Waals surface area contributed by atoms with Gasteiger partial charge in [0, 0.05) is 16.7 Å². The van der Waals surface area contributed by atoms with E-state index >= 15 is 0 Å². The third kappa shape index (κ3) is 4.03. The minimum Gasteiger partial charge on any atom is -0.462 e. The van der Waals surface area contributed by atoms with Gasteiger partial charge >= 0.3 is 0 Å². The van der Waals surface area contributed by atoms with E-state index in [1.165, 1.54) is 11.0 Å². The molecule has 0 aliphatic rings. The van der Waals surface area contributed by atoms with Crippen LogP contribution in [0, 0.1) is 6.92 Å². The SMILES string of the molecule is CSc1ccc(NC(=O)/C=C/c2ccc(C)o2)cc1. The van der Waals surface area contributed by atoms with Gasteiger partial charge in [-0.05, 0) is 55.7 Å². The van der Waals surface area contributed by atoms with Crippen LogP contribution in [-0.4, -0.2) is 12.2 Å². The minimum atomic E-state index is -0.175. The van der Waals surface area contributed by atoms with Crippen molar-refractivity contribution >= 4 is 29.4 Å². The highest BCUT2D eigenvalue weighted by molar-refractivity contribution is 7.98. The number of hydrogen-bond donors (Lipinski definition) is 1. The van der Waals surface area contributed by atoms with Crippen molar-refractivity contribution in [2.75, 3.05) is 11.6 Å². The average Bonchev–Trinajstić information content (AvgIpc) is 2.83. The van der Waals surface area contributed by atoms with Gasteiger partial charge in [0.2, 0.25) is 5.91 Å². The number of benzene rings is 1. The highest BCUT2D eigenvalue weighted by atomic mass is 32.2. The number of aryl methyl sites for hydroxylation is 1. The predicted octanol–water partition coefficient (Wildman–Crippen LogP) is 3.96. The second-order valence-corrected chi connectivity index (χ2v) is 4.88. The Bertz CT molecular complexity index is 584. The fourth-order valence-electron chi connectivity index (χ4n) is 1.56. The van der Waals surface area contributed by atoms with Crippen molar-refractivity contribution in [2.24, 2.45) is 0 Å². The van der Waals surface area contributed by atoms with Gasteiger partial charge in [-0.3, -0.25) is 4.79 Å². The van der Waals surface area contributed by atoms with Gasteiger partial charge in [-0.2, -0.15) is 0 Å². The lowest BCUT2D eigenvalue weighted by atomic mass is 10.3. The maximum Gasteiger partial charge on any atom is 0.248 e. The molecule has 4 heteroatoms. The van der Waals surface area contributed by atoms with Crippen LogP contribution >= 0.6 is 11.8 Å². The van der Waals surface area contributed by atoms with Crippen LogP contribution in [0.4, 0.5) is 5.69 Å². The maximum absolute atomic E-state index is 11.7. The van der Waals surface area contributed by atoms with Crippen LogP contribution in [0.2, 0.25) is 0 Å². The van der Waals surface area contributed by atoms with Gasteiger partial charge < -0.3 is 9.73 Å². The maximum atomic E-state index is 11.7. The molecule has 1 N–H and O–H groups in total. The number of rotatable bonds is 4. The molecule has 0 atom stereocenters. The number of carbonyl (C=O) groups excluding carboxylic acids is 1. The first-order valence-electron chi connectivity index (χ1n) is 5.87. The molecule has 0 unspecified atom stereocenters. The number of nitrogens with one attached hydrogen (secondary N) is 1. The molecule has 98 valence electrons. The molecule has 2 aromatic rings. The Kier molecular flexibility index (Phi) is 4.47. The number of hydrogen-bond acceptors (Lipinski definition) is 3. The van der Waals surface area contributed by atoms with Crippen LogP contribution < -0.4 is 5.32 Å². The van der Waals surface area contributed by atoms with Gasteiger partial charge in [-0.1, -0.05) is 0 Å². The van der Waals surface area contributed by atoms with Crippen molar-refractivity contribution in [1.29, 1.82) is 0 Å². The summed E-state index contributed by atoms with van der Waals surface area (Å²) in [6.07, 6.45) is 5.13. The second-order valence-electron chi connectivity index (χ2n) is 4.00. The van der Waals surface area contributed by atoms with Crippen LogP contribution in [0.1, 0.15) is 11.5 Å². The summed E-state index contributed by atoms with van der Waals surface area (Å²) in [4.78, 5) is 12.9. The molecule has 0 bridgehead atoms. The zero-order valence-corrected chi connectivity index (χ0v) is 11.7. The molecule has 19 heavy (non-hydrogen) atoms. The molecule has 0 aliphatic carbocycles. The smallest absolute Gasteiger partial charge is 0.248 e. The standard InChI is InChI=1S/C15H15NO2S/c1-11-3-6-13(18-11)7-10-15(17)16-12-4-8-14(19-2)9-5-12/h3-10H,1-2H3,(H,16,17)/b10-7+. The molecule has 2 rings (SSSR count). The van der Waals surface area contributed by atoms with Gasteiger partial charge in [0.15, 0.2) is 0 Å². The first-order valence-corrected chi connectivity index (χ1v) is 7.09. The minimum absolute atomic E-state index is 0.175. The summed E-state index contributed by atoms with van der Waals surface area (Å²) >= 11 is 1.67. The molecule has 0 radical (unpaired) electrons. The lowest BCUT2D eigenvalue weighted by molar-refractivity contribution is -0.111. The van der Waals surface area contributed by atoms with E-state index in [-0.39, 0.29) is 5.91 Å². The highest BCUT2D eigenvalue weighted by Gasteiger charge is 1.99. The molecular weight excluding hydrogens is 258 g/mol. The highest BCUT2D eigenvalue weighted by Crippen LogP contribution is 2.17. The van der Waals surface area contributed by atoms with E-state index in [1.54, 1.807) is 17.8 Å². The summed E-state index contributed by atoms with van der Waals surface area (Å²) in [5, 5.41) is 2.79. The Morgan fingerprint density at radius 3 is 2.53 bits per heavy atom. The molecule has 1 aromatic carbocycles. The Morgan fingerprint density at radius 1 is 1.21 bits per heavy atom. The van der Waals surface area contributed by atoms with Gasteiger partial charge in [-0.15, -0.1) is 11.8 Å². The molecule has 3 nitrogen and oxygen atoms in total. The quantitative estimate of drug-likeness (QED) is 0.677. The van der Waals surface area contributed by atoms with E-state index in [0.29, 0.717) is 5.76 Å². The summed E-state index contributed by atoms with van der Waals surface area (Å²) < 4.78 is 5.34. The Morgan fingerprint density at radius 2 is 1.95 bits per heavy atom. The summed E-state index contributed by atoms with van der Waals surface area (Å²) in [6.45, 7) is 1.87. The van der Waals surface area contributed by atoms with E-state index in [0.717, 1.165) is 11.4 Å². The molecule has 0 fully saturated rings. The molecule has 0 spiro atoms. The van der Waals surface area contributed by atoms with Crippen LogP contribution in [0.25, 0.3) is 6.08 Å².